The summed E-state index contributed by atoms with van der Waals surface area (Å²) in [7, 11) is 0. The number of thiocarbonyl (C=S) groups is 1. The molecule has 1 aromatic carbocycles. The van der Waals surface area contributed by atoms with Crippen molar-refractivity contribution in [3.05, 3.63) is 64.8 Å². The second kappa shape index (κ2) is 5.58. The Morgan fingerprint density at radius 1 is 1.30 bits per heavy atom. The summed E-state index contributed by atoms with van der Waals surface area (Å²) in [6.07, 6.45) is 4.62. The molecule has 1 atom stereocenters. The van der Waals surface area contributed by atoms with Gasteiger partial charge in [0.15, 0.2) is 0 Å². The Bertz CT molecular complexity index is 819. The number of hydrogen-bond donors (Lipinski definition) is 1. The van der Waals surface area contributed by atoms with Gasteiger partial charge in [0.25, 0.3) is 0 Å². The van der Waals surface area contributed by atoms with Crippen LogP contribution < -0.4 is 5.32 Å². The van der Waals surface area contributed by atoms with Crippen molar-refractivity contribution >= 4 is 40.1 Å². The van der Waals surface area contributed by atoms with E-state index in [1.165, 1.54) is 12.1 Å². The average molecular weight is 346 g/mol. The number of anilines is 1. The van der Waals surface area contributed by atoms with E-state index in [1.54, 1.807) is 18.3 Å². The van der Waals surface area contributed by atoms with E-state index in [0.29, 0.717) is 11.7 Å². The van der Waals surface area contributed by atoms with Crippen molar-refractivity contribution < 1.29 is 4.39 Å². The summed E-state index contributed by atoms with van der Waals surface area (Å²) in [6, 6.07) is 8.53. The summed E-state index contributed by atoms with van der Waals surface area (Å²) < 4.78 is 13.1. The molecule has 0 amide bonds. The van der Waals surface area contributed by atoms with Crippen LogP contribution in [0.25, 0.3) is 5.57 Å². The maximum Gasteiger partial charge on any atom is 0.129 e. The van der Waals surface area contributed by atoms with E-state index in [2.05, 4.69) is 21.4 Å². The minimum absolute atomic E-state index is 0.0937. The van der Waals surface area contributed by atoms with Gasteiger partial charge in [-0.15, -0.1) is 0 Å². The van der Waals surface area contributed by atoms with Gasteiger partial charge in [-0.25, -0.2) is 9.37 Å². The molecule has 0 fully saturated rings. The number of hydrogen-bond acceptors (Lipinski definition) is 3. The fourth-order valence-corrected chi connectivity index (χ4v) is 3.56. The standard InChI is InChI=1S/C17H13ClFN3S/c18-16-6-12-9-22-8-11(10-1-3-13(19)4-2-10)5-15(22)17(23)21-14(12)7-20-16/h1-4,6-8,15H,5,9H2,(H,21,23). The van der Waals surface area contributed by atoms with Crippen molar-refractivity contribution in [3.63, 3.8) is 0 Å². The van der Waals surface area contributed by atoms with Gasteiger partial charge in [0.05, 0.1) is 17.9 Å². The van der Waals surface area contributed by atoms with Crippen molar-refractivity contribution in [1.29, 1.82) is 0 Å². The van der Waals surface area contributed by atoms with Gasteiger partial charge in [0.2, 0.25) is 0 Å². The van der Waals surface area contributed by atoms with Crippen molar-refractivity contribution in [2.24, 2.45) is 0 Å². The minimum Gasteiger partial charge on any atom is -0.363 e. The molecule has 6 heteroatoms. The van der Waals surface area contributed by atoms with Gasteiger partial charge in [-0.2, -0.15) is 0 Å². The summed E-state index contributed by atoms with van der Waals surface area (Å²) in [5.74, 6) is -0.227. The number of aromatic nitrogens is 1. The molecule has 2 aliphatic rings. The molecular weight excluding hydrogens is 333 g/mol. The summed E-state index contributed by atoms with van der Waals surface area (Å²) in [5.41, 5.74) is 4.15. The number of nitrogens with one attached hydrogen (secondary N) is 1. The van der Waals surface area contributed by atoms with Crippen LogP contribution in [0.3, 0.4) is 0 Å². The number of benzene rings is 1. The van der Waals surface area contributed by atoms with Gasteiger partial charge >= 0.3 is 0 Å². The van der Waals surface area contributed by atoms with Crippen LogP contribution in [0.5, 0.6) is 0 Å². The highest BCUT2D eigenvalue weighted by molar-refractivity contribution is 7.80. The fraction of sp³-hybridized carbons (Fsp3) is 0.176. The molecule has 0 spiro atoms. The topological polar surface area (TPSA) is 28.2 Å². The molecule has 2 aliphatic heterocycles. The zero-order valence-corrected chi connectivity index (χ0v) is 13.7. The third-order valence-corrected chi connectivity index (χ3v) is 4.80. The first-order chi connectivity index (χ1) is 11.1. The molecule has 0 saturated carbocycles. The molecule has 4 rings (SSSR count). The Morgan fingerprint density at radius 3 is 2.87 bits per heavy atom. The van der Waals surface area contributed by atoms with E-state index in [-0.39, 0.29) is 11.9 Å². The van der Waals surface area contributed by atoms with Crippen LogP contribution in [0.2, 0.25) is 5.15 Å². The van der Waals surface area contributed by atoms with Gasteiger partial charge in [-0.3, -0.25) is 0 Å². The largest absolute Gasteiger partial charge is 0.363 e. The second-order valence-corrected chi connectivity index (χ2v) is 6.53. The molecule has 0 saturated heterocycles. The van der Waals surface area contributed by atoms with Gasteiger partial charge in [0, 0.05) is 19.2 Å². The minimum atomic E-state index is -0.227. The molecule has 3 nitrogen and oxygen atoms in total. The predicted molar refractivity (Wildman–Crippen MR) is 93.8 cm³/mol. The smallest absolute Gasteiger partial charge is 0.129 e. The number of pyridine rings is 1. The monoisotopic (exact) mass is 345 g/mol. The molecule has 0 radical (unpaired) electrons. The maximum atomic E-state index is 13.1. The Morgan fingerprint density at radius 2 is 2.09 bits per heavy atom. The van der Waals surface area contributed by atoms with Crippen molar-refractivity contribution in [1.82, 2.24) is 9.88 Å². The highest BCUT2D eigenvalue weighted by Gasteiger charge is 2.32. The molecule has 1 aromatic heterocycles. The van der Waals surface area contributed by atoms with Crippen LogP contribution in [0.1, 0.15) is 17.5 Å². The summed E-state index contributed by atoms with van der Waals surface area (Å²) in [4.78, 5) is 7.08. The highest BCUT2D eigenvalue weighted by Crippen LogP contribution is 2.35. The number of nitrogens with zero attached hydrogens (tertiary/aromatic N) is 2. The van der Waals surface area contributed by atoms with Crippen LogP contribution in [0.4, 0.5) is 10.1 Å². The van der Waals surface area contributed by atoms with E-state index in [4.69, 9.17) is 23.8 Å². The molecule has 116 valence electrons. The lowest BCUT2D eigenvalue weighted by Gasteiger charge is -2.22. The van der Waals surface area contributed by atoms with Crippen LogP contribution in [-0.2, 0) is 6.54 Å². The molecule has 0 bridgehead atoms. The number of fused-ring (bicyclic) bond motifs is 2. The van der Waals surface area contributed by atoms with E-state index < -0.39 is 0 Å². The number of rotatable bonds is 1. The Labute approximate surface area is 143 Å². The Balaban J connectivity index is 1.69. The molecule has 1 unspecified atom stereocenters. The van der Waals surface area contributed by atoms with Gasteiger partial charge in [0.1, 0.15) is 16.0 Å². The van der Waals surface area contributed by atoms with Crippen LogP contribution >= 0.6 is 23.8 Å². The van der Waals surface area contributed by atoms with Gasteiger partial charge < -0.3 is 10.2 Å². The number of halogens is 2. The van der Waals surface area contributed by atoms with E-state index >= 15 is 0 Å². The predicted octanol–water partition coefficient (Wildman–Crippen LogP) is 4.24. The van der Waals surface area contributed by atoms with Crippen LogP contribution in [-0.4, -0.2) is 20.9 Å². The zero-order valence-electron chi connectivity index (χ0n) is 12.1. The molecular formula is C17H13ClFN3S. The molecule has 1 N–H and O–H groups in total. The quantitative estimate of drug-likeness (QED) is 0.618. The normalized spacial score (nSPS) is 19.6. The maximum absolute atomic E-state index is 13.1. The van der Waals surface area contributed by atoms with Crippen molar-refractivity contribution in [2.75, 3.05) is 5.32 Å². The third kappa shape index (κ3) is 2.71. The molecule has 2 aromatic rings. The highest BCUT2D eigenvalue weighted by atomic mass is 35.5. The van der Waals surface area contributed by atoms with Gasteiger partial charge in [-0.05, 0) is 34.9 Å². The first kappa shape index (κ1) is 14.6. The Kier molecular flexibility index (Phi) is 3.54. The Hall–Kier alpha value is -1.98. The van der Waals surface area contributed by atoms with E-state index in [0.717, 1.165) is 33.8 Å². The van der Waals surface area contributed by atoms with E-state index in [9.17, 15) is 4.39 Å². The molecule has 0 aliphatic carbocycles. The average Bonchev–Trinajstić information content (AvgIpc) is 2.89. The van der Waals surface area contributed by atoms with Crippen molar-refractivity contribution in [3.8, 4) is 0 Å². The summed E-state index contributed by atoms with van der Waals surface area (Å²) >= 11 is 11.6. The van der Waals surface area contributed by atoms with E-state index in [1.807, 2.05) is 6.07 Å². The van der Waals surface area contributed by atoms with Crippen molar-refractivity contribution in [2.45, 2.75) is 19.0 Å². The third-order valence-electron chi connectivity index (χ3n) is 4.22. The molecule has 23 heavy (non-hydrogen) atoms. The lowest BCUT2D eigenvalue weighted by molar-refractivity contribution is 0.359. The molecule has 3 heterocycles. The second-order valence-electron chi connectivity index (χ2n) is 5.71. The first-order valence-corrected chi connectivity index (χ1v) is 8.06. The summed E-state index contributed by atoms with van der Waals surface area (Å²) in [5, 5.41) is 3.75. The van der Waals surface area contributed by atoms with Crippen LogP contribution in [0.15, 0.2) is 42.7 Å². The van der Waals surface area contributed by atoms with Gasteiger partial charge in [-0.1, -0.05) is 36.0 Å². The lowest BCUT2D eigenvalue weighted by atomic mass is 10.0. The first-order valence-electron chi connectivity index (χ1n) is 7.28. The zero-order chi connectivity index (χ0) is 16.0. The van der Waals surface area contributed by atoms with Crippen LogP contribution in [0, 0.1) is 5.82 Å². The summed E-state index contributed by atoms with van der Waals surface area (Å²) in [6.45, 7) is 0.708. The lowest BCUT2D eigenvalue weighted by Crippen LogP contribution is -2.34. The fourth-order valence-electron chi connectivity index (χ4n) is 3.05. The SMILES string of the molecule is Fc1ccc(C2=CN3Cc4cc(Cl)ncc4NC(=S)C3C2)cc1.